The second-order valence-electron chi connectivity index (χ2n) is 5.47. The molecule has 3 rings (SSSR count). The van der Waals surface area contributed by atoms with Gasteiger partial charge in [0.2, 0.25) is 5.91 Å². The second-order valence-corrected chi connectivity index (χ2v) is 5.47. The van der Waals surface area contributed by atoms with Crippen molar-refractivity contribution in [1.29, 1.82) is 0 Å². The number of phenols is 1. The summed E-state index contributed by atoms with van der Waals surface area (Å²) in [5.41, 5.74) is 2.33. The van der Waals surface area contributed by atoms with Gasteiger partial charge in [0.25, 0.3) is 0 Å². The Morgan fingerprint density at radius 2 is 2.15 bits per heavy atom. The minimum absolute atomic E-state index is 0. The van der Waals surface area contributed by atoms with E-state index in [-0.39, 0.29) is 30.1 Å². The molecule has 0 unspecified atom stereocenters. The molecule has 0 aromatic heterocycles. The molecule has 110 valence electrons. The van der Waals surface area contributed by atoms with Crippen LogP contribution in [0.3, 0.4) is 0 Å². The van der Waals surface area contributed by atoms with Crippen molar-refractivity contribution in [2.75, 3.05) is 13.1 Å². The number of aromatic hydroxyl groups is 1. The topological polar surface area (TPSA) is 52.6 Å². The van der Waals surface area contributed by atoms with Gasteiger partial charge < -0.3 is 15.3 Å². The normalized spacial score (nSPS) is 21.8. The molecule has 4 nitrogen and oxygen atoms in total. The van der Waals surface area contributed by atoms with Gasteiger partial charge in [-0.15, -0.1) is 12.4 Å². The molecule has 2 heterocycles. The summed E-state index contributed by atoms with van der Waals surface area (Å²) in [6.07, 6.45) is 4.13. The van der Waals surface area contributed by atoms with Crippen LogP contribution in [0.2, 0.25) is 0 Å². The molecule has 0 radical (unpaired) electrons. The number of nitrogens with one attached hydrogen (secondary N) is 1. The number of rotatable bonds is 1. The van der Waals surface area contributed by atoms with Crippen LogP contribution < -0.4 is 5.32 Å². The number of amides is 1. The molecular weight excluding hydrogens is 276 g/mol. The predicted molar refractivity (Wildman–Crippen MR) is 80.1 cm³/mol. The molecule has 20 heavy (non-hydrogen) atoms. The van der Waals surface area contributed by atoms with E-state index in [4.69, 9.17) is 0 Å². The molecule has 2 aliphatic heterocycles. The number of nitrogens with zero attached hydrogens (tertiary/aromatic N) is 1. The minimum Gasteiger partial charge on any atom is -0.508 e. The van der Waals surface area contributed by atoms with Crippen LogP contribution in [-0.4, -0.2) is 35.0 Å². The van der Waals surface area contributed by atoms with Crippen LogP contribution in [-0.2, 0) is 17.8 Å². The van der Waals surface area contributed by atoms with Crippen molar-refractivity contribution in [3.05, 3.63) is 29.3 Å². The third-order valence-corrected chi connectivity index (χ3v) is 4.12. The van der Waals surface area contributed by atoms with Gasteiger partial charge in [0.1, 0.15) is 5.75 Å². The van der Waals surface area contributed by atoms with Gasteiger partial charge >= 0.3 is 0 Å². The first-order chi connectivity index (χ1) is 9.24. The molecule has 1 aromatic rings. The molecule has 1 amide bonds. The zero-order valence-electron chi connectivity index (χ0n) is 11.5. The lowest BCUT2D eigenvalue weighted by molar-refractivity contribution is -0.135. The largest absolute Gasteiger partial charge is 0.508 e. The molecule has 2 N–H and O–H groups in total. The van der Waals surface area contributed by atoms with Crippen molar-refractivity contribution in [3.8, 4) is 5.75 Å². The first kappa shape index (κ1) is 15.1. The maximum atomic E-state index is 12.4. The first-order valence-corrected chi connectivity index (χ1v) is 7.07. The van der Waals surface area contributed by atoms with E-state index < -0.39 is 0 Å². The summed E-state index contributed by atoms with van der Waals surface area (Å²) in [6, 6.07) is 5.46. The van der Waals surface area contributed by atoms with Gasteiger partial charge in [0, 0.05) is 13.1 Å². The van der Waals surface area contributed by atoms with Crippen molar-refractivity contribution in [3.63, 3.8) is 0 Å². The molecule has 1 fully saturated rings. The molecule has 1 aromatic carbocycles. The second kappa shape index (κ2) is 6.46. The molecule has 0 bridgehead atoms. The number of fused-ring (bicyclic) bond motifs is 1. The van der Waals surface area contributed by atoms with Gasteiger partial charge in [-0.2, -0.15) is 0 Å². The average molecular weight is 297 g/mol. The van der Waals surface area contributed by atoms with Crippen LogP contribution in [0, 0.1) is 0 Å². The Bertz CT molecular complexity index is 487. The van der Waals surface area contributed by atoms with Crippen LogP contribution in [0.5, 0.6) is 5.75 Å². The number of carbonyl (C=O) groups excluding carboxylic acids is 1. The van der Waals surface area contributed by atoms with Crippen LogP contribution >= 0.6 is 12.4 Å². The Labute approximate surface area is 125 Å². The summed E-state index contributed by atoms with van der Waals surface area (Å²) in [7, 11) is 0. The van der Waals surface area contributed by atoms with E-state index in [1.54, 1.807) is 12.1 Å². The molecule has 1 atom stereocenters. The fourth-order valence-corrected chi connectivity index (χ4v) is 3.01. The van der Waals surface area contributed by atoms with Crippen molar-refractivity contribution < 1.29 is 9.90 Å². The number of hydrogen-bond donors (Lipinski definition) is 2. The summed E-state index contributed by atoms with van der Waals surface area (Å²) in [5, 5.41) is 12.9. The molecule has 2 aliphatic rings. The lowest BCUT2D eigenvalue weighted by Crippen LogP contribution is -2.49. The van der Waals surface area contributed by atoms with E-state index in [9.17, 15) is 9.90 Å². The lowest BCUT2D eigenvalue weighted by atomic mass is 9.97. The molecule has 0 saturated carbocycles. The third-order valence-electron chi connectivity index (χ3n) is 4.12. The predicted octanol–water partition coefficient (Wildman–Crippen LogP) is 1.84. The van der Waals surface area contributed by atoms with Crippen molar-refractivity contribution in [1.82, 2.24) is 10.2 Å². The molecule has 0 aliphatic carbocycles. The number of benzene rings is 1. The Morgan fingerprint density at radius 1 is 1.30 bits per heavy atom. The van der Waals surface area contributed by atoms with Crippen LogP contribution in [0.4, 0.5) is 0 Å². The minimum atomic E-state index is -0.00684. The van der Waals surface area contributed by atoms with Gasteiger partial charge in [0.05, 0.1) is 6.04 Å². The highest BCUT2D eigenvalue weighted by molar-refractivity contribution is 5.85. The van der Waals surface area contributed by atoms with E-state index in [1.807, 2.05) is 11.0 Å². The average Bonchev–Trinajstić information content (AvgIpc) is 2.46. The standard InChI is InChI=1S/C15H20N2O2.ClH/c18-13-5-4-11-6-8-17(10-12(11)9-13)15(19)14-3-1-2-7-16-14;/h4-5,9,14,16,18H,1-3,6-8,10H2;1H/t14-;/m0./s1. The smallest absolute Gasteiger partial charge is 0.240 e. The summed E-state index contributed by atoms with van der Waals surface area (Å²) in [6.45, 7) is 2.36. The highest BCUT2D eigenvalue weighted by Gasteiger charge is 2.28. The molecule has 1 saturated heterocycles. The number of halogens is 1. The molecule has 0 spiro atoms. The first-order valence-electron chi connectivity index (χ1n) is 7.07. The zero-order valence-corrected chi connectivity index (χ0v) is 12.3. The number of piperidine rings is 1. The van der Waals surface area contributed by atoms with E-state index in [0.717, 1.165) is 37.9 Å². The van der Waals surface area contributed by atoms with Crippen molar-refractivity contribution in [2.24, 2.45) is 0 Å². The van der Waals surface area contributed by atoms with Crippen molar-refractivity contribution >= 4 is 18.3 Å². The van der Waals surface area contributed by atoms with E-state index in [1.165, 1.54) is 12.0 Å². The maximum Gasteiger partial charge on any atom is 0.240 e. The fourth-order valence-electron chi connectivity index (χ4n) is 3.01. The molecule has 5 heteroatoms. The highest BCUT2D eigenvalue weighted by atomic mass is 35.5. The maximum absolute atomic E-state index is 12.4. The monoisotopic (exact) mass is 296 g/mol. The summed E-state index contributed by atoms with van der Waals surface area (Å²) >= 11 is 0. The third kappa shape index (κ3) is 3.07. The Hall–Kier alpha value is -1.26. The van der Waals surface area contributed by atoms with Gasteiger partial charge in [-0.3, -0.25) is 4.79 Å². The van der Waals surface area contributed by atoms with Crippen LogP contribution in [0.25, 0.3) is 0 Å². The number of hydrogen-bond acceptors (Lipinski definition) is 3. The van der Waals surface area contributed by atoms with Crippen molar-refractivity contribution in [2.45, 2.75) is 38.3 Å². The van der Waals surface area contributed by atoms with E-state index in [0.29, 0.717) is 6.54 Å². The summed E-state index contributed by atoms with van der Waals surface area (Å²) in [4.78, 5) is 14.4. The number of phenolic OH excluding ortho intramolecular Hbond substituents is 1. The van der Waals surface area contributed by atoms with Crippen LogP contribution in [0.15, 0.2) is 18.2 Å². The Morgan fingerprint density at radius 3 is 2.90 bits per heavy atom. The van der Waals surface area contributed by atoms with Gasteiger partial charge in [0.15, 0.2) is 0 Å². The lowest BCUT2D eigenvalue weighted by Gasteiger charge is -2.33. The number of carbonyl (C=O) groups is 1. The summed E-state index contributed by atoms with van der Waals surface area (Å²) < 4.78 is 0. The van der Waals surface area contributed by atoms with E-state index >= 15 is 0 Å². The zero-order chi connectivity index (χ0) is 13.2. The highest BCUT2D eigenvalue weighted by Crippen LogP contribution is 2.24. The van der Waals surface area contributed by atoms with Gasteiger partial charge in [-0.1, -0.05) is 12.5 Å². The SMILES string of the molecule is Cl.O=C([C@@H]1CCCCN1)N1CCc2ccc(O)cc2C1. The van der Waals surface area contributed by atoms with Gasteiger partial charge in [-0.25, -0.2) is 0 Å². The molecular formula is C15H21ClN2O2. The Kier molecular flexibility index (Phi) is 4.89. The Balaban J connectivity index is 0.00000147. The van der Waals surface area contributed by atoms with E-state index in [2.05, 4.69) is 5.32 Å². The quantitative estimate of drug-likeness (QED) is 0.831. The summed E-state index contributed by atoms with van der Waals surface area (Å²) in [5.74, 6) is 0.498. The fraction of sp³-hybridized carbons (Fsp3) is 0.533. The van der Waals surface area contributed by atoms with Gasteiger partial charge in [-0.05, 0) is 49.1 Å². The van der Waals surface area contributed by atoms with Crippen LogP contribution in [0.1, 0.15) is 30.4 Å².